The molecule has 0 N–H and O–H groups in total. The van der Waals surface area contributed by atoms with Gasteiger partial charge in [0.15, 0.2) is 5.75 Å². The van der Waals surface area contributed by atoms with Crippen molar-refractivity contribution < 1.29 is 21.7 Å². The van der Waals surface area contributed by atoms with Crippen molar-refractivity contribution in [1.82, 2.24) is 0 Å². The SMILES string of the molecule is CCCSP(=O)(OCC)Sc1c(C)cc(Cl)c(OS(=O)(=O)c2ccccc2)c1C. The van der Waals surface area contributed by atoms with Crippen molar-refractivity contribution in [3.8, 4) is 5.75 Å². The Morgan fingerprint density at radius 2 is 1.79 bits per heavy atom. The topological polar surface area (TPSA) is 69.7 Å². The molecule has 2 aromatic carbocycles. The van der Waals surface area contributed by atoms with Gasteiger partial charge in [0.1, 0.15) is 4.90 Å². The number of benzene rings is 2. The van der Waals surface area contributed by atoms with Crippen molar-refractivity contribution in [1.29, 1.82) is 0 Å². The molecular weight excluding hydrogens is 471 g/mol. The van der Waals surface area contributed by atoms with Gasteiger partial charge in [-0.25, -0.2) is 0 Å². The largest absolute Gasteiger partial charge is 0.377 e. The molecule has 0 aliphatic carbocycles. The lowest BCUT2D eigenvalue weighted by molar-refractivity contribution is 0.357. The van der Waals surface area contributed by atoms with Crippen LogP contribution in [-0.2, 0) is 19.2 Å². The maximum absolute atomic E-state index is 13.3. The average molecular weight is 495 g/mol. The molecule has 0 saturated carbocycles. The third kappa shape index (κ3) is 6.42. The highest BCUT2D eigenvalue weighted by atomic mass is 35.5. The molecule has 0 aromatic heterocycles. The van der Waals surface area contributed by atoms with Crippen LogP contribution in [0.15, 0.2) is 46.2 Å². The fraction of sp³-hybridized carbons (Fsp3) is 0.368. The summed E-state index contributed by atoms with van der Waals surface area (Å²) in [5, 5.41) is 0.177. The molecule has 0 amide bonds. The first-order chi connectivity index (χ1) is 13.6. The molecule has 29 heavy (non-hydrogen) atoms. The Balaban J connectivity index is 2.45. The van der Waals surface area contributed by atoms with E-state index in [4.69, 9.17) is 20.3 Å². The van der Waals surface area contributed by atoms with Crippen LogP contribution < -0.4 is 4.18 Å². The van der Waals surface area contributed by atoms with E-state index in [9.17, 15) is 13.0 Å². The molecule has 0 aliphatic heterocycles. The maximum atomic E-state index is 13.3. The van der Waals surface area contributed by atoms with Crippen molar-refractivity contribution >= 4 is 50.3 Å². The van der Waals surface area contributed by atoms with Gasteiger partial charge in [0.2, 0.25) is 0 Å². The van der Waals surface area contributed by atoms with Gasteiger partial charge in [0, 0.05) is 16.2 Å². The van der Waals surface area contributed by atoms with E-state index in [1.54, 1.807) is 38.1 Å². The molecule has 160 valence electrons. The predicted octanol–water partition coefficient (Wildman–Crippen LogP) is 7.10. The van der Waals surface area contributed by atoms with Gasteiger partial charge in [-0.2, -0.15) is 8.42 Å². The molecule has 0 spiro atoms. The minimum absolute atomic E-state index is 0.0312. The smallest absolute Gasteiger partial charge is 0.339 e. The van der Waals surface area contributed by atoms with Gasteiger partial charge >= 0.3 is 15.9 Å². The number of aryl methyl sites for hydroxylation is 1. The van der Waals surface area contributed by atoms with Gasteiger partial charge < -0.3 is 8.71 Å². The Morgan fingerprint density at radius 3 is 2.38 bits per heavy atom. The molecular formula is C19H24ClO5PS3. The first-order valence-corrected chi connectivity index (χ1v) is 15.4. The molecule has 10 heteroatoms. The van der Waals surface area contributed by atoms with E-state index < -0.39 is 15.9 Å². The van der Waals surface area contributed by atoms with E-state index in [1.807, 2.05) is 13.8 Å². The van der Waals surface area contributed by atoms with Crippen LogP contribution in [-0.4, -0.2) is 20.8 Å². The van der Waals surface area contributed by atoms with Crippen LogP contribution in [0.3, 0.4) is 0 Å². The molecule has 2 aromatic rings. The Bertz CT molecular complexity index is 997. The van der Waals surface area contributed by atoms with Crippen LogP contribution in [0.1, 0.15) is 31.4 Å². The number of hydrogen-bond donors (Lipinski definition) is 0. The normalized spacial score (nSPS) is 13.8. The van der Waals surface area contributed by atoms with Crippen LogP contribution in [0.2, 0.25) is 5.02 Å². The zero-order valence-electron chi connectivity index (χ0n) is 16.7. The van der Waals surface area contributed by atoms with E-state index in [0.29, 0.717) is 22.8 Å². The lowest BCUT2D eigenvalue weighted by atomic mass is 10.1. The average Bonchev–Trinajstić information content (AvgIpc) is 2.68. The maximum Gasteiger partial charge on any atom is 0.339 e. The summed E-state index contributed by atoms with van der Waals surface area (Å²) in [5.41, 5.74) is 1.29. The molecule has 0 bridgehead atoms. The molecule has 1 unspecified atom stereocenters. The summed E-state index contributed by atoms with van der Waals surface area (Å²) in [6.45, 7) is 7.66. The summed E-state index contributed by atoms with van der Waals surface area (Å²) in [6, 6.07) is 9.47. The van der Waals surface area contributed by atoms with E-state index in [0.717, 1.165) is 23.4 Å². The molecule has 0 aliphatic rings. The third-order valence-corrected chi connectivity index (χ3v) is 12.8. The summed E-state index contributed by atoms with van der Waals surface area (Å²) in [5.74, 6) is -2.34. The summed E-state index contributed by atoms with van der Waals surface area (Å²) < 4.78 is 49.5. The highest BCUT2D eigenvalue weighted by molar-refractivity contribution is 8.89. The Hall–Kier alpha value is -0.630. The molecule has 0 saturated heterocycles. The van der Waals surface area contributed by atoms with Gasteiger partial charge in [-0.05, 0) is 62.3 Å². The lowest BCUT2D eigenvalue weighted by Crippen LogP contribution is -2.11. The predicted molar refractivity (Wildman–Crippen MR) is 123 cm³/mol. The van der Waals surface area contributed by atoms with Gasteiger partial charge in [-0.1, -0.05) is 48.1 Å². The highest BCUT2D eigenvalue weighted by Crippen LogP contribution is 2.73. The third-order valence-electron chi connectivity index (χ3n) is 3.77. The Kier molecular flexibility index (Phi) is 9.01. The minimum atomic E-state index is -4.06. The van der Waals surface area contributed by atoms with Crippen molar-refractivity contribution in [3.63, 3.8) is 0 Å². The standard InChI is InChI=1S/C19H24ClO5PS3/c1-5-12-27-26(21,24-6-2)28-19-14(3)13-17(20)18(15(19)4)25-29(22,23)16-10-8-7-9-11-16/h7-11,13H,5-6,12H2,1-4H3. The fourth-order valence-corrected chi connectivity index (χ4v) is 11.1. The number of halogens is 1. The van der Waals surface area contributed by atoms with Crippen molar-refractivity contribution in [2.45, 2.75) is 43.9 Å². The molecule has 1 atom stereocenters. The monoisotopic (exact) mass is 494 g/mol. The van der Waals surface area contributed by atoms with Gasteiger partial charge in [-0.15, -0.1) is 0 Å². The lowest BCUT2D eigenvalue weighted by Gasteiger charge is -2.20. The molecule has 0 fully saturated rings. The zero-order chi connectivity index (χ0) is 21.7. The van der Waals surface area contributed by atoms with E-state index in [-0.39, 0.29) is 15.7 Å². The second-order valence-corrected chi connectivity index (χ2v) is 15.4. The second kappa shape index (κ2) is 10.6. The first-order valence-electron chi connectivity index (χ1n) is 9.01. The minimum Gasteiger partial charge on any atom is -0.377 e. The molecule has 2 rings (SSSR count). The van der Waals surface area contributed by atoms with Crippen molar-refractivity contribution in [2.75, 3.05) is 12.4 Å². The van der Waals surface area contributed by atoms with E-state index in [2.05, 4.69) is 0 Å². The summed E-state index contributed by atoms with van der Waals surface area (Å²) in [4.78, 5) is 0.678. The number of rotatable bonds is 10. The van der Waals surface area contributed by atoms with Crippen LogP contribution in [0, 0.1) is 13.8 Å². The van der Waals surface area contributed by atoms with E-state index >= 15 is 0 Å². The fourth-order valence-electron chi connectivity index (χ4n) is 2.45. The van der Waals surface area contributed by atoms with Crippen LogP contribution in [0.25, 0.3) is 0 Å². The molecule has 0 heterocycles. The summed E-state index contributed by atoms with van der Waals surface area (Å²) in [6.07, 6.45) is 0.866. The van der Waals surface area contributed by atoms with Crippen LogP contribution in [0.5, 0.6) is 5.75 Å². The Labute approximate surface area is 186 Å². The van der Waals surface area contributed by atoms with Gasteiger partial charge in [0.25, 0.3) is 0 Å². The first kappa shape index (κ1) is 24.6. The van der Waals surface area contributed by atoms with Gasteiger partial charge in [-0.3, -0.25) is 4.57 Å². The zero-order valence-corrected chi connectivity index (χ0v) is 20.8. The van der Waals surface area contributed by atoms with Crippen LogP contribution >= 0.6 is 40.1 Å². The van der Waals surface area contributed by atoms with Crippen molar-refractivity contribution in [3.05, 3.63) is 52.5 Å². The highest BCUT2D eigenvalue weighted by Gasteiger charge is 2.29. The summed E-state index contributed by atoms with van der Waals surface area (Å²) in [7, 11) is -4.06. The molecule has 5 nitrogen and oxygen atoms in total. The summed E-state index contributed by atoms with van der Waals surface area (Å²) >= 11 is 8.71. The second-order valence-electron chi connectivity index (χ2n) is 6.10. The quantitative estimate of drug-likeness (QED) is 0.257. The van der Waals surface area contributed by atoms with E-state index in [1.165, 1.54) is 23.5 Å². The Morgan fingerprint density at radius 1 is 1.14 bits per heavy atom. The number of hydrogen-bond acceptors (Lipinski definition) is 7. The van der Waals surface area contributed by atoms with Crippen LogP contribution in [0.4, 0.5) is 0 Å². The van der Waals surface area contributed by atoms with Gasteiger partial charge in [0.05, 0.1) is 11.6 Å². The molecule has 0 radical (unpaired) electrons. The van der Waals surface area contributed by atoms with Crippen molar-refractivity contribution in [2.24, 2.45) is 0 Å².